The fourth-order valence-electron chi connectivity index (χ4n) is 8.17. The maximum atomic E-state index is 17.5. The second-order valence-electron chi connectivity index (χ2n) is 13.7. The second-order valence-corrected chi connectivity index (χ2v) is 15.2. The molecule has 5 aromatic rings. The zero-order chi connectivity index (χ0) is 37.1. The number of ether oxygens (including phenoxy) is 3. The lowest BCUT2D eigenvalue weighted by Gasteiger charge is -2.47. The molecule has 274 valence electrons. The molecule has 3 aliphatic rings. The number of aromatic nitrogens is 3. The third kappa shape index (κ3) is 6.11. The number of nitrogens with zero attached hydrogens (tertiary/aromatic N) is 6. The lowest BCUT2D eigenvalue weighted by molar-refractivity contribution is 0.0707. The molecule has 2 saturated heterocycles. The highest BCUT2D eigenvalue weighted by Crippen LogP contribution is 2.48. The highest BCUT2D eigenvalue weighted by Gasteiger charge is 2.53. The van der Waals surface area contributed by atoms with Crippen LogP contribution in [0.25, 0.3) is 22.2 Å². The van der Waals surface area contributed by atoms with Gasteiger partial charge in [-0.1, -0.05) is 35.9 Å². The fourth-order valence-corrected chi connectivity index (χ4v) is 9.10. The quantitative estimate of drug-likeness (QED) is 0.154. The normalized spacial score (nSPS) is 20.1. The lowest BCUT2D eigenvalue weighted by atomic mass is 9.98. The van der Waals surface area contributed by atoms with Gasteiger partial charge in [-0.05, 0) is 96.3 Å². The van der Waals surface area contributed by atoms with E-state index in [9.17, 15) is 9.90 Å². The van der Waals surface area contributed by atoms with Gasteiger partial charge in [0.2, 0.25) is 5.88 Å². The largest absolute Gasteiger partial charge is 0.497 e. The van der Waals surface area contributed by atoms with Crippen LogP contribution in [0, 0.1) is 16.3 Å². The number of hydrogen-bond donors (Lipinski definition) is 1. The summed E-state index contributed by atoms with van der Waals surface area (Å²) in [5.41, 5.74) is 4.01. The van der Waals surface area contributed by atoms with Crippen molar-refractivity contribution in [1.29, 1.82) is 0 Å². The number of piperazine rings is 1. The highest BCUT2D eigenvalue weighted by atomic mass is 127. The van der Waals surface area contributed by atoms with Crippen LogP contribution in [0.1, 0.15) is 36.5 Å². The van der Waals surface area contributed by atoms with E-state index in [-0.39, 0.29) is 40.3 Å². The molecule has 2 fully saturated rings. The van der Waals surface area contributed by atoms with Crippen molar-refractivity contribution in [2.24, 2.45) is 0 Å². The summed E-state index contributed by atoms with van der Waals surface area (Å²) < 4.78 is 35.5. The number of amides is 1. The zero-order valence-electron chi connectivity index (χ0n) is 29.5. The number of pyridine rings is 1. The lowest BCUT2D eigenvalue weighted by Crippen LogP contribution is -2.64. The maximum Gasteiger partial charge on any atom is 0.407 e. The topological polar surface area (TPSA) is 113 Å². The first-order valence-corrected chi connectivity index (χ1v) is 18.8. The molecule has 53 heavy (non-hydrogen) atoms. The summed E-state index contributed by atoms with van der Waals surface area (Å²) in [6.45, 7) is 5.12. The van der Waals surface area contributed by atoms with Crippen molar-refractivity contribution in [3.63, 3.8) is 0 Å². The zero-order valence-corrected chi connectivity index (χ0v) is 32.4. The third-order valence-corrected chi connectivity index (χ3v) is 12.4. The van der Waals surface area contributed by atoms with Gasteiger partial charge in [0.05, 0.1) is 54.3 Å². The van der Waals surface area contributed by atoms with Gasteiger partial charge in [-0.15, -0.1) is 0 Å². The molecule has 3 aliphatic heterocycles. The first-order valence-electron chi connectivity index (χ1n) is 17.4. The molecule has 0 saturated carbocycles. The number of anilines is 2. The second kappa shape index (κ2) is 14.0. The van der Waals surface area contributed by atoms with Gasteiger partial charge in [0.15, 0.2) is 5.82 Å². The van der Waals surface area contributed by atoms with E-state index < -0.39 is 18.0 Å². The number of methoxy groups -OCH3 is 2. The molecule has 4 unspecified atom stereocenters. The molecule has 1 N–H and O–H groups in total. The van der Waals surface area contributed by atoms with Crippen LogP contribution in [-0.2, 0) is 13.1 Å². The third-order valence-electron chi connectivity index (χ3n) is 10.7. The van der Waals surface area contributed by atoms with E-state index in [1.165, 1.54) is 6.33 Å². The fraction of sp³-hybridized carbons (Fsp3) is 0.333. The summed E-state index contributed by atoms with van der Waals surface area (Å²) in [6, 6.07) is 16.5. The van der Waals surface area contributed by atoms with Gasteiger partial charge in [0, 0.05) is 23.2 Å². The Bertz CT molecular complexity index is 2180. The minimum atomic E-state index is -0.935. The average molecular weight is 851 g/mol. The molecular weight excluding hydrogens is 814 g/mol. The van der Waals surface area contributed by atoms with Gasteiger partial charge in [-0.25, -0.2) is 24.1 Å². The highest BCUT2D eigenvalue weighted by molar-refractivity contribution is 14.1. The van der Waals surface area contributed by atoms with Gasteiger partial charge < -0.3 is 29.1 Å². The number of fused-ring (bicyclic) bond motifs is 5. The number of aryl methyl sites for hydroxylation is 1. The van der Waals surface area contributed by atoms with Gasteiger partial charge in [-0.2, -0.15) is 0 Å². The SMILES string of the molecule is COc1ccc(CN(Cc2ccc(OC)cc2)c2cc(C)c(I)c(-c3nc4c5c(ncnc5c3Cl)N3CC5CCC(C3C(C)O4)N5C(=O)O)c2F)cc1. The summed E-state index contributed by atoms with van der Waals surface area (Å²) in [4.78, 5) is 32.3. The van der Waals surface area contributed by atoms with Crippen LogP contribution >= 0.6 is 34.2 Å². The summed E-state index contributed by atoms with van der Waals surface area (Å²) in [6.07, 6.45) is 1.52. The monoisotopic (exact) mass is 850 g/mol. The van der Waals surface area contributed by atoms with Crippen molar-refractivity contribution < 1.29 is 28.5 Å². The van der Waals surface area contributed by atoms with Crippen molar-refractivity contribution in [1.82, 2.24) is 19.9 Å². The van der Waals surface area contributed by atoms with Crippen LogP contribution in [-0.4, -0.2) is 76.0 Å². The molecule has 3 aromatic carbocycles. The van der Waals surface area contributed by atoms with Crippen LogP contribution < -0.4 is 24.0 Å². The van der Waals surface area contributed by atoms with Gasteiger partial charge in [0.25, 0.3) is 0 Å². The maximum absolute atomic E-state index is 17.5. The Hall–Kier alpha value is -4.63. The Kier molecular flexibility index (Phi) is 9.34. The molecule has 1 amide bonds. The average Bonchev–Trinajstić information content (AvgIpc) is 3.41. The minimum absolute atomic E-state index is 0.171. The molecule has 2 bridgehead atoms. The molecule has 8 rings (SSSR count). The Labute approximate surface area is 324 Å². The molecule has 0 spiro atoms. The standard InChI is InChI=1S/C39H37ClFIN6O5/c1-20-15-28(46(16-22-5-10-25(51-3)11-6-22)17-23-7-12-26(52-4)13-8-23)32(41)29(33(20)42)35-31(40)34-30-37(44-19-43-34)47-18-24-9-14-27(48(24)39(49)50)36(47)21(2)53-38(30)45-35/h5-8,10-13,15,19,21,24,27,36H,9,14,16-18H2,1-4H3,(H,49,50). The predicted octanol–water partition coefficient (Wildman–Crippen LogP) is 8.10. The smallest absolute Gasteiger partial charge is 0.407 e. The number of rotatable bonds is 8. The van der Waals surface area contributed by atoms with Gasteiger partial charge >= 0.3 is 6.09 Å². The Morgan fingerprint density at radius 3 is 2.30 bits per heavy atom. The summed E-state index contributed by atoms with van der Waals surface area (Å²) in [5.74, 6) is 1.81. The molecule has 14 heteroatoms. The van der Waals surface area contributed by atoms with E-state index in [0.717, 1.165) is 41.0 Å². The van der Waals surface area contributed by atoms with Crippen molar-refractivity contribution in [2.75, 3.05) is 30.6 Å². The molecule has 11 nitrogen and oxygen atoms in total. The number of hydrogen-bond acceptors (Lipinski definition) is 9. The number of carboxylic acid groups (broad SMARTS) is 1. The Balaban J connectivity index is 1.26. The molecule has 0 aliphatic carbocycles. The molecular formula is C39H37ClFIN6O5. The van der Waals surface area contributed by atoms with Gasteiger partial charge in [-0.3, -0.25) is 4.90 Å². The van der Waals surface area contributed by atoms with E-state index in [2.05, 4.69) is 37.5 Å². The van der Waals surface area contributed by atoms with Crippen LogP contribution in [0.3, 0.4) is 0 Å². The van der Waals surface area contributed by atoms with Crippen LogP contribution in [0.4, 0.5) is 20.7 Å². The molecule has 0 radical (unpaired) electrons. The van der Waals surface area contributed by atoms with E-state index in [0.29, 0.717) is 45.6 Å². The summed E-state index contributed by atoms with van der Waals surface area (Å²) >= 11 is 9.38. The van der Waals surface area contributed by atoms with E-state index in [1.807, 2.05) is 73.3 Å². The van der Waals surface area contributed by atoms with Crippen LogP contribution in [0.5, 0.6) is 17.4 Å². The first-order chi connectivity index (χ1) is 25.6. The van der Waals surface area contributed by atoms with Crippen molar-refractivity contribution in [3.8, 4) is 28.6 Å². The minimum Gasteiger partial charge on any atom is -0.497 e. The van der Waals surface area contributed by atoms with E-state index in [1.54, 1.807) is 19.1 Å². The number of carbonyl (C=O) groups is 1. The summed E-state index contributed by atoms with van der Waals surface area (Å²) in [5, 5.41) is 10.8. The molecule has 4 atom stereocenters. The van der Waals surface area contributed by atoms with Gasteiger partial charge in [0.1, 0.15) is 40.7 Å². The number of halogens is 3. The molecule has 2 aromatic heterocycles. The van der Waals surface area contributed by atoms with Crippen molar-refractivity contribution in [2.45, 2.75) is 64.0 Å². The van der Waals surface area contributed by atoms with E-state index >= 15 is 4.39 Å². The van der Waals surface area contributed by atoms with Crippen LogP contribution in [0.2, 0.25) is 5.02 Å². The Morgan fingerprint density at radius 1 is 1.06 bits per heavy atom. The molecule has 5 heterocycles. The predicted molar refractivity (Wildman–Crippen MR) is 209 cm³/mol. The van der Waals surface area contributed by atoms with Crippen molar-refractivity contribution in [3.05, 3.63) is 92.0 Å². The first kappa shape index (κ1) is 35.4. The van der Waals surface area contributed by atoms with E-state index in [4.69, 9.17) is 30.8 Å². The van der Waals surface area contributed by atoms with Crippen molar-refractivity contribution >= 4 is 62.7 Å². The number of benzene rings is 3. The Morgan fingerprint density at radius 2 is 1.70 bits per heavy atom. The summed E-state index contributed by atoms with van der Waals surface area (Å²) in [7, 11) is 3.25. The van der Waals surface area contributed by atoms with Crippen LogP contribution in [0.15, 0.2) is 60.9 Å².